The number of hydrogen-bond acceptors (Lipinski definition) is 5. The number of rotatable bonds is 2. The van der Waals surface area contributed by atoms with Crippen LogP contribution in [-0.4, -0.2) is 22.3 Å². The Labute approximate surface area is 75.3 Å². The maximum Gasteiger partial charge on any atom is 0.516 e. The summed E-state index contributed by atoms with van der Waals surface area (Å²) in [6, 6.07) is 0.121. The third-order valence-corrected chi connectivity index (χ3v) is 1.29. The lowest BCUT2D eigenvalue weighted by Crippen LogP contribution is -2.12. The minimum Gasteiger partial charge on any atom is -0.434 e. The molecule has 0 aliphatic carbocycles. The van der Waals surface area contributed by atoms with E-state index in [1.54, 1.807) is 14.0 Å². The zero-order valence-electron chi connectivity index (χ0n) is 7.48. The lowest BCUT2D eigenvalue weighted by atomic mass is 10.8. The predicted molar refractivity (Wildman–Crippen MR) is 45.3 cm³/mol. The highest BCUT2D eigenvalue weighted by molar-refractivity contribution is 5.62. The summed E-state index contributed by atoms with van der Waals surface area (Å²) in [6.07, 6.45) is 0.755. The molecule has 0 unspecified atom stereocenters. The van der Waals surface area contributed by atoms with Crippen molar-refractivity contribution in [3.05, 3.63) is 6.20 Å². The van der Waals surface area contributed by atoms with Gasteiger partial charge in [-0.3, -0.25) is 0 Å². The summed E-state index contributed by atoms with van der Waals surface area (Å²) in [5, 5.41) is 0. The van der Waals surface area contributed by atoms with Crippen molar-refractivity contribution < 1.29 is 14.3 Å². The second-order valence-electron chi connectivity index (χ2n) is 2.34. The van der Waals surface area contributed by atoms with E-state index in [2.05, 4.69) is 9.72 Å². The van der Waals surface area contributed by atoms with Gasteiger partial charge in [0.2, 0.25) is 0 Å². The molecule has 0 bridgehead atoms. The molecule has 1 aromatic rings. The number of imidazole rings is 1. The second kappa shape index (κ2) is 3.79. The third kappa shape index (κ3) is 2.36. The van der Waals surface area contributed by atoms with Gasteiger partial charge in [0, 0.05) is 7.05 Å². The molecule has 0 aromatic carbocycles. The number of anilines is 1. The monoisotopic (exact) mass is 185 g/mol. The summed E-state index contributed by atoms with van der Waals surface area (Å²) in [7, 11) is 1.66. The Balaban J connectivity index is 2.63. The molecule has 6 nitrogen and oxygen atoms in total. The first-order valence-corrected chi connectivity index (χ1v) is 3.77. The molecule has 0 aliphatic rings. The van der Waals surface area contributed by atoms with Crippen molar-refractivity contribution in [3.63, 3.8) is 0 Å². The zero-order chi connectivity index (χ0) is 9.84. The number of hydrogen-bond donors (Lipinski definition) is 1. The SMILES string of the molecule is CCOC(=O)Oc1nc(N)cn1C. The van der Waals surface area contributed by atoms with Crippen LogP contribution in [0, 0.1) is 0 Å². The average Bonchev–Trinajstić information content (AvgIpc) is 2.30. The van der Waals surface area contributed by atoms with Gasteiger partial charge in [-0.1, -0.05) is 0 Å². The molecule has 1 heterocycles. The van der Waals surface area contributed by atoms with Crippen LogP contribution in [0.4, 0.5) is 10.6 Å². The van der Waals surface area contributed by atoms with Crippen molar-refractivity contribution in [2.24, 2.45) is 7.05 Å². The molecule has 0 spiro atoms. The predicted octanol–water partition coefficient (Wildman–Crippen LogP) is 0.538. The number of aromatic nitrogens is 2. The number of nitrogens with two attached hydrogens (primary N) is 1. The maximum atomic E-state index is 10.8. The van der Waals surface area contributed by atoms with Crippen molar-refractivity contribution in [3.8, 4) is 6.01 Å². The van der Waals surface area contributed by atoms with E-state index in [1.807, 2.05) is 0 Å². The average molecular weight is 185 g/mol. The molecular formula is C7H11N3O3. The first-order valence-electron chi connectivity index (χ1n) is 3.77. The first kappa shape index (κ1) is 9.37. The molecule has 0 saturated carbocycles. The van der Waals surface area contributed by atoms with E-state index in [9.17, 15) is 4.79 Å². The van der Waals surface area contributed by atoms with Crippen molar-refractivity contribution in [1.29, 1.82) is 0 Å². The summed E-state index contributed by atoms with van der Waals surface area (Å²) < 4.78 is 10.8. The molecule has 0 aliphatic heterocycles. The van der Waals surface area contributed by atoms with Gasteiger partial charge in [-0.05, 0) is 6.92 Å². The largest absolute Gasteiger partial charge is 0.516 e. The fourth-order valence-electron chi connectivity index (χ4n) is 0.788. The lowest BCUT2D eigenvalue weighted by Gasteiger charge is -2.01. The minimum absolute atomic E-state index is 0.121. The Bertz CT molecular complexity index is 308. The van der Waals surface area contributed by atoms with Crippen molar-refractivity contribution in [1.82, 2.24) is 9.55 Å². The van der Waals surface area contributed by atoms with Crippen LogP contribution in [0.2, 0.25) is 0 Å². The number of nitrogen functional groups attached to an aromatic ring is 1. The van der Waals surface area contributed by atoms with Crippen LogP contribution in [0.1, 0.15) is 6.92 Å². The van der Waals surface area contributed by atoms with Crippen LogP contribution in [0.15, 0.2) is 6.20 Å². The second-order valence-corrected chi connectivity index (χ2v) is 2.34. The van der Waals surface area contributed by atoms with Crippen LogP contribution in [-0.2, 0) is 11.8 Å². The molecule has 0 atom stereocenters. The number of aryl methyl sites for hydroxylation is 1. The Hall–Kier alpha value is -1.72. The van der Waals surface area contributed by atoms with Gasteiger partial charge in [-0.25, -0.2) is 4.79 Å². The van der Waals surface area contributed by atoms with Gasteiger partial charge in [-0.2, -0.15) is 4.98 Å². The fourth-order valence-corrected chi connectivity index (χ4v) is 0.788. The molecule has 0 radical (unpaired) electrons. The van der Waals surface area contributed by atoms with E-state index >= 15 is 0 Å². The molecule has 1 aromatic heterocycles. The Morgan fingerprint density at radius 3 is 2.92 bits per heavy atom. The summed E-state index contributed by atoms with van der Waals surface area (Å²) in [5.74, 6) is 0.293. The summed E-state index contributed by atoms with van der Waals surface area (Å²) >= 11 is 0. The quantitative estimate of drug-likeness (QED) is 0.680. The smallest absolute Gasteiger partial charge is 0.434 e. The van der Waals surface area contributed by atoms with E-state index in [1.165, 1.54) is 10.8 Å². The van der Waals surface area contributed by atoms with Crippen LogP contribution in [0.5, 0.6) is 6.01 Å². The van der Waals surface area contributed by atoms with Gasteiger partial charge < -0.3 is 19.8 Å². The zero-order valence-corrected chi connectivity index (χ0v) is 7.48. The highest BCUT2D eigenvalue weighted by atomic mass is 16.7. The van der Waals surface area contributed by atoms with Gasteiger partial charge >= 0.3 is 12.2 Å². The highest BCUT2D eigenvalue weighted by Gasteiger charge is 2.10. The fraction of sp³-hybridized carbons (Fsp3) is 0.429. The molecule has 6 heteroatoms. The van der Waals surface area contributed by atoms with Crippen molar-refractivity contribution in [2.75, 3.05) is 12.3 Å². The van der Waals surface area contributed by atoms with Gasteiger partial charge in [0.05, 0.1) is 12.8 Å². The normalized spacial score (nSPS) is 9.69. The van der Waals surface area contributed by atoms with E-state index < -0.39 is 6.16 Å². The Morgan fingerprint density at radius 1 is 1.77 bits per heavy atom. The lowest BCUT2D eigenvalue weighted by molar-refractivity contribution is 0.0996. The van der Waals surface area contributed by atoms with E-state index in [0.717, 1.165) is 0 Å². The molecule has 72 valence electrons. The maximum absolute atomic E-state index is 10.8. The molecule has 0 saturated heterocycles. The first-order chi connectivity index (χ1) is 6.13. The molecule has 0 fully saturated rings. The topological polar surface area (TPSA) is 79.4 Å². The van der Waals surface area contributed by atoms with E-state index in [-0.39, 0.29) is 12.6 Å². The van der Waals surface area contributed by atoms with Crippen LogP contribution >= 0.6 is 0 Å². The third-order valence-electron chi connectivity index (χ3n) is 1.29. The van der Waals surface area contributed by atoms with Gasteiger partial charge in [0.15, 0.2) is 0 Å². The highest BCUT2D eigenvalue weighted by Crippen LogP contribution is 2.10. The summed E-state index contributed by atoms with van der Waals surface area (Å²) in [4.78, 5) is 14.6. The summed E-state index contributed by atoms with van der Waals surface area (Å²) in [6.45, 7) is 1.95. The van der Waals surface area contributed by atoms with E-state index in [4.69, 9.17) is 10.5 Å². The van der Waals surface area contributed by atoms with E-state index in [0.29, 0.717) is 5.82 Å². The number of ether oxygens (including phenoxy) is 2. The molecule has 0 amide bonds. The van der Waals surface area contributed by atoms with Gasteiger partial charge in [0.1, 0.15) is 5.82 Å². The van der Waals surface area contributed by atoms with Crippen LogP contribution in [0.3, 0.4) is 0 Å². The molecule has 2 N–H and O–H groups in total. The minimum atomic E-state index is -0.781. The summed E-state index contributed by atoms with van der Waals surface area (Å²) in [5.41, 5.74) is 5.37. The van der Waals surface area contributed by atoms with Crippen molar-refractivity contribution >= 4 is 12.0 Å². The van der Waals surface area contributed by atoms with Crippen LogP contribution in [0.25, 0.3) is 0 Å². The molecule has 13 heavy (non-hydrogen) atoms. The van der Waals surface area contributed by atoms with Gasteiger partial charge in [-0.15, -0.1) is 0 Å². The number of nitrogens with zero attached hydrogens (tertiary/aromatic N) is 2. The van der Waals surface area contributed by atoms with Gasteiger partial charge in [0.25, 0.3) is 0 Å². The van der Waals surface area contributed by atoms with Crippen LogP contribution < -0.4 is 10.5 Å². The standard InChI is InChI=1S/C7H11N3O3/c1-3-12-7(11)13-6-9-5(8)4-10(6)2/h4H,3,8H2,1-2H3. The Kier molecular flexibility index (Phi) is 2.73. The molecule has 1 rings (SSSR count). The van der Waals surface area contributed by atoms with Crippen molar-refractivity contribution in [2.45, 2.75) is 6.92 Å². The Morgan fingerprint density at radius 2 is 2.46 bits per heavy atom. The number of carbonyl (C=O) groups excluding carboxylic acids is 1. The number of carbonyl (C=O) groups is 1. The molecular weight excluding hydrogens is 174 g/mol.